The molecule has 0 saturated heterocycles. The molecule has 1 aliphatic heterocycles. The molecule has 8 nitrogen and oxygen atoms in total. The van der Waals surface area contributed by atoms with Crippen molar-refractivity contribution in [3.63, 3.8) is 0 Å². The van der Waals surface area contributed by atoms with Gasteiger partial charge in [-0.2, -0.15) is 0 Å². The number of carbonyl (C=O) groups excluding carboxylic acids is 2. The number of rotatable bonds is 5. The van der Waals surface area contributed by atoms with Gasteiger partial charge < -0.3 is 9.47 Å². The molecule has 176 valence electrons. The monoisotopic (exact) mass is 638 g/mol. The van der Waals surface area contributed by atoms with E-state index >= 15 is 0 Å². The van der Waals surface area contributed by atoms with Crippen molar-refractivity contribution in [1.29, 1.82) is 0 Å². The number of nitrogens with zero attached hydrogens (tertiary/aromatic N) is 2. The van der Waals surface area contributed by atoms with Crippen LogP contribution in [0.3, 0.4) is 0 Å². The molecule has 0 aromatic heterocycles. The lowest BCUT2D eigenvalue weighted by atomic mass is 10.2. The van der Waals surface area contributed by atoms with Crippen LogP contribution < -0.4 is 4.74 Å². The van der Waals surface area contributed by atoms with Crippen molar-refractivity contribution in [3.8, 4) is 5.75 Å². The van der Waals surface area contributed by atoms with Crippen LogP contribution in [0.15, 0.2) is 74.2 Å². The summed E-state index contributed by atoms with van der Waals surface area (Å²) in [5.41, 5.74) is 0.754. The standard InChI is InChI=1S/C23H10Br2Cl2N2O6/c24-15-7-11(8-16(25)20(15)34-22(30)14-3-1-2-4-17(14)26)9-19-23(31)35-21(28-19)13-6-5-12(29(32)33)10-18(13)27/h1-10H/b19-9-. The van der Waals surface area contributed by atoms with Crippen molar-refractivity contribution in [2.24, 2.45) is 4.99 Å². The second-order valence-electron chi connectivity index (χ2n) is 6.94. The molecule has 3 aromatic carbocycles. The van der Waals surface area contributed by atoms with Crippen molar-refractivity contribution >= 4 is 84.7 Å². The van der Waals surface area contributed by atoms with Gasteiger partial charge in [0.15, 0.2) is 11.4 Å². The van der Waals surface area contributed by atoms with Crippen molar-refractivity contribution in [2.75, 3.05) is 0 Å². The smallest absolute Gasteiger partial charge is 0.363 e. The average Bonchev–Trinajstić information content (AvgIpc) is 3.16. The van der Waals surface area contributed by atoms with Gasteiger partial charge >= 0.3 is 11.9 Å². The lowest BCUT2D eigenvalue weighted by Gasteiger charge is -2.10. The van der Waals surface area contributed by atoms with Gasteiger partial charge in [-0.15, -0.1) is 0 Å². The number of aliphatic imine (C=N–C) groups is 1. The highest BCUT2D eigenvalue weighted by Gasteiger charge is 2.27. The van der Waals surface area contributed by atoms with Gasteiger partial charge in [0.2, 0.25) is 5.90 Å². The Kier molecular flexibility index (Phi) is 7.36. The number of nitro groups is 1. The zero-order chi connectivity index (χ0) is 25.3. The molecule has 0 fully saturated rings. The summed E-state index contributed by atoms with van der Waals surface area (Å²) in [5, 5.41) is 11.2. The number of nitro benzene ring substituents is 1. The van der Waals surface area contributed by atoms with E-state index < -0.39 is 16.9 Å². The van der Waals surface area contributed by atoms with Crippen LogP contribution in [0.25, 0.3) is 6.08 Å². The maximum atomic E-state index is 12.5. The van der Waals surface area contributed by atoms with Crippen molar-refractivity contribution < 1.29 is 24.0 Å². The predicted molar refractivity (Wildman–Crippen MR) is 137 cm³/mol. The van der Waals surface area contributed by atoms with Crippen molar-refractivity contribution in [3.05, 3.63) is 106 Å². The van der Waals surface area contributed by atoms with Gasteiger partial charge in [0, 0.05) is 12.1 Å². The van der Waals surface area contributed by atoms with E-state index in [2.05, 4.69) is 36.9 Å². The van der Waals surface area contributed by atoms with Crippen LogP contribution in [-0.4, -0.2) is 22.8 Å². The number of benzene rings is 3. The van der Waals surface area contributed by atoms with Gasteiger partial charge in [-0.3, -0.25) is 10.1 Å². The van der Waals surface area contributed by atoms with Crippen molar-refractivity contribution in [2.45, 2.75) is 0 Å². The molecule has 0 N–H and O–H groups in total. The van der Waals surface area contributed by atoms with Crippen LogP contribution in [0.1, 0.15) is 21.5 Å². The van der Waals surface area contributed by atoms with E-state index in [1.807, 2.05) is 0 Å². The lowest BCUT2D eigenvalue weighted by Crippen LogP contribution is -2.10. The van der Waals surface area contributed by atoms with Gasteiger partial charge in [0.05, 0.1) is 35.0 Å². The van der Waals surface area contributed by atoms with Crippen LogP contribution in [0.5, 0.6) is 5.75 Å². The number of esters is 2. The minimum Gasteiger partial charge on any atom is -0.420 e. The summed E-state index contributed by atoms with van der Waals surface area (Å²) in [6, 6.07) is 13.5. The number of hydrogen-bond donors (Lipinski definition) is 0. The molecule has 0 atom stereocenters. The highest BCUT2D eigenvalue weighted by Crippen LogP contribution is 2.37. The molecule has 0 radical (unpaired) electrons. The lowest BCUT2D eigenvalue weighted by molar-refractivity contribution is -0.384. The summed E-state index contributed by atoms with van der Waals surface area (Å²) < 4.78 is 11.5. The van der Waals surface area contributed by atoms with Gasteiger partial charge in [0.25, 0.3) is 5.69 Å². The highest BCUT2D eigenvalue weighted by molar-refractivity contribution is 9.11. The summed E-state index contributed by atoms with van der Waals surface area (Å²) >= 11 is 18.9. The summed E-state index contributed by atoms with van der Waals surface area (Å²) in [5.74, 6) is -1.23. The Balaban J connectivity index is 1.61. The number of halogens is 4. The van der Waals surface area contributed by atoms with Crippen LogP contribution in [-0.2, 0) is 9.53 Å². The summed E-state index contributed by atoms with van der Waals surface area (Å²) in [6.07, 6.45) is 1.46. The fraction of sp³-hybridized carbons (Fsp3) is 0. The third kappa shape index (κ3) is 5.46. The molecule has 1 heterocycles. The molecule has 0 amide bonds. The van der Waals surface area contributed by atoms with Gasteiger partial charge in [-0.25, -0.2) is 14.6 Å². The average molecular weight is 641 g/mol. The van der Waals surface area contributed by atoms with E-state index in [0.29, 0.717) is 14.5 Å². The normalized spacial score (nSPS) is 14.0. The highest BCUT2D eigenvalue weighted by atomic mass is 79.9. The molecular weight excluding hydrogens is 631 g/mol. The van der Waals surface area contributed by atoms with E-state index in [1.54, 1.807) is 36.4 Å². The fourth-order valence-electron chi connectivity index (χ4n) is 3.01. The van der Waals surface area contributed by atoms with E-state index in [1.165, 1.54) is 18.2 Å². The van der Waals surface area contributed by atoms with Gasteiger partial charge in [0.1, 0.15) is 0 Å². The van der Waals surface area contributed by atoms with E-state index in [0.717, 1.165) is 6.07 Å². The number of ether oxygens (including phenoxy) is 2. The van der Waals surface area contributed by atoms with Crippen LogP contribution >= 0.6 is 55.1 Å². The SMILES string of the molecule is O=C1OC(c2ccc([N+](=O)[O-])cc2Cl)=N/C1=C\c1cc(Br)c(OC(=O)c2ccccc2Cl)c(Br)c1. The first-order valence-electron chi connectivity index (χ1n) is 9.56. The molecule has 4 rings (SSSR count). The number of non-ortho nitro benzene ring substituents is 1. The maximum absolute atomic E-state index is 12.5. The molecule has 0 aliphatic carbocycles. The number of carbonyl (C=O) groups is 2. The molecule has 12 heteroatoms. The van der Waals surface area contributed by atoms with Gasteiger partial charge in [-0.05, 0) is 73.8 Å². The second-order valence-corrected chi connectivity index (χ2v) is 9.46. The maximum Gasteiger partial charge on any atom is 0.363 e. The minimum absolute atomic E-state index is 0.0159. The predicted octanol–water partition coefficient (Wildman–Crippen LogP) is 6.99. The Bertz CT molecular complexity index is 1450. The Morgan fingerprint density at radius 2 is 1.74 bits per heavy atom. The van der Waals surface area contributed by atoms with Crippen molar-refractivity contribution in [1.82, 2.24) is 0 Å². The minimum atomic E-state index is -0.726. The Morgan fingerprint density at radius 1 is 1.06 bits per heavy atom. The van der Waals surface area contributed by atoms with Crippen LogP contribution in [0, 0.1) is 10.1 Å². The number of cyclic esters (lactones) is 1. The molecule has 0 unspecified atom stereocenters. The Hall–Kier alpha value is -3.05. The molecule has 0 spiro atoms. The molecule has 0 bridgehead atoms. The fourth-order valence-corrected chi connectivity index (χ4v) is 4.86. The first-order valence-corrected chi connectivity index (χ1v) is 11.9. The molecule has 3 aromatic rings. The first kappa shape index (κ1) is 25.1. The summed E-state index contributed by atoms with van der Waals surface area (Å²) in [6.45, 7) is 0. The van der Waals surface area contributed by atoms with Crippen LogP contribution in [0.2, 0.25) is 10.0 Å². The van der Waals surface area contributed by atoms with E-state index in [-0.39, 0.29) is 44.2 Å². The van der Waals surface area contributed by atoms with E-state index in [9.17, 15) is 19.7 Å². The third-order valence-electron chi connectivity index (χ3n) is 4.63. The Labute approximate surface area is 224 Å². The Morgan fingerprint density at radius 3 is 2.37 bits per heavy atom. The van der Waals surface area contributed by atoms with Gasteiger partial charge in [-0.1, -0.05) is 35.3 Å². The molecule has 35 heavy (non-hydrogen) atoms. The first-order chi connectivity index (χ1) is 16.6. The molecule has 1 aliphatic rings. The zero-order valence-corrected chi connectivity index (χ0v) is 21.8. The van der Waals surface area contributed by atoms with E-state index in [4.69, 9.17) is 32.7 Å². The molecular formula is C23H10Br2Cl2N2O6. The second kappa shape index (κ2) is 10.3. The third-order valence-corrected chi connectivity index (χ3v) is 6.45. The quantitative estimate of drug-likeness (QED) is 0.0978. The summed E-state index contributed by atoms with van der Waals surface area (Å²) in [4.78, 5) is 39.4. The largest absolute Gasteiger partial charge is 0.420 e. The van der Waals surface area contributed by atoms with Crippen LogP contribution in [0.4, 0.5) is 5.69 Å². The molecule has 0 saturated carbocycles. The summed E-state index contributed by atoms with van der Waals surface area (Å²) in [7, 11) is 0. The zero-order valence-electron chi connectivity index (χ0n) is 17.1. The topological polar surface area (TPSA) is 108 Å². The number of hydrogen-bond acceptors (Lipinski definition) is 7.